The van der Waals surface area contributed by atoms with Crippen molar-refractivity contribution < 1.29 is 0 Å². The van der Waals surface area contributed by atoms with Gasteiger partial charge in [0, 0.05) is 26.2 Å². The van der Waals surface area contributed by atoms with Gasteiger partial charge in [0.05, 0.1) is 11.4 Å². The second-order valence-corrected chi connectivity index (χ2v) is 5.76. The van der Waals surface area contributed by atoms with E-state index in [0.29, 0.717) is 10.3 Å². The van der Waals surface area contributed by atoms with Crippen molar-refractivity contribution in [3.05, 3.63) is 35.5 Å². The largest absolute Gasteiger partial charge is 0.371 e. The van der Waals surface area contributed by atoms with Crippen molar-refractivity contribution in [2.24, 2.45) is 0 Å². The van der Waals surface area contributed by atoms with Crippen LogP contribution in [0.15, 0.2) is 35.5 Å². The molecule has 0 saturated carbocycles. The molecule has 0 aliphatic carbocycles. The van der Waals surface area contributed by atoms with E-state index in [4.69, 9.17) is 11.6 Å². The van der Waals surface area contributed by atoms with Crippen LogP contribution in [0.1, 0.15) is 0 Å². The molecule has 20 heavy (non-hydrogen) atoms. The number of anilines is 3. The van der Waals surface area contributed by atoms with Gasteiger partial charge in [-0.15, -0.1) is 0 Å². The molecular weight excluding hydrogens is 292 g/mol. The summed E-state index contributed by atoms with van der Waals surface area (Å²) in [4.78, 5) is 13.2. The summed E-state index contributed by atoms with van der Waals surface area (Å²) >= 11 is 7.60. The normalized spacial score (nSPS) is 14.3. The van der Waals surface area contributed by atoms with Gasteiger partial charge < -0.3 is 9.80 Å². The first-order valence-electron chi connectivity index (χ1n) is 6.35. The van der Waals surface area contributed by atoms with Gasteiger partial charge in [-0.1, -0.05) is 35.5 Å². The van der Waals surface area contributed by atoms with Gasteiger partial charge in [0.25, 0.3) is 0 Å². The lowest BCUT2D eigenvalue weighted by Crippen LogP contribution is -2.36. The summed E-state index contributed by atoms with van der Waals surface area (Å²) in [7, 11) is 2.11. The van der Waals surface area contributed by atoms with Crippen molar-refractivity contribution in [2.45, 2.75) is 5.16 Å². The Bertz CT molecular complexity index is 634. The summed E-state index contributed by atoms with van der Waals surface area (Å²) in [5.74, 6) is 0.856. The molecule has 2 aromatic rings. The van der Waals surface area contributed by atoms with E-state index < -0.39 is 0 Å². The van der Waals surface area contributed by atoms with E-state index in [1.54, 1.807) is 0 Å². The number of likely N-dealkylation sites (N-methyl/N-ethyl adjacent to an activating group) is 1. The van der Waals surface area contributed by atoms with Crippen LogP contribution in [0, 0.1) is 0 Å². The number of hydrogen-bond donors (Lipinski definition) is 0. The maximum Gasteiger partial charge on any atom is 0.190 e. The fraction of sp³-hybridized carbons (Fsp3) is 0.286. The van der Waals surface area contributed by atoms with Gasteiger partial charge in [-0.25, -0.2) is 9.97 Å². The molecule has 2 heterocycles. The van der Waals surface area contributed by atoms with Crippen LogP contribution in [-0.2, 0) is 0 Å². The van der Waals surface area contributed by atoms with Crippen molar-refractivity contribution in [1.82, 2.24) is 9.97 Å². The number of nitrogens with zero attached hydrogens (tertiary/aromatic N) is 4. The molecule has 0 bridgehead atoms. The summed E-state index contributed by atoms with van der Waals surface area (Å²) in [6.45, 7) is 1.84. The average molecular weight is 307 g/mol. The van der Waals surface area contributed by atoms with Crippen LogP contribution in [0.25, 0.3) is 0 Å². The zero-order valence-electron chi connectivity index (χ0n) is 11.4. The van der Waals surface area contributed by atoms with E-state index in [1.807, 2.05) is 18.4 Å². The van der Waals surface area contributed by atoms with Gasteiger partial charge in [-0.05, 0) is 18.4 Å². The molecule has 104 valence electrons. The molecule has 0 saturated heterocycles. The maximum absolute atomic E-state index is 6.10. The quantitative estimate of drug-likeness (QED) is 0.482. The molecular formula is C14H15ClN4S. The SMILES string of the molecule is CSc1nc(Cl)cc(N2CCN(C)c3ccccc32)n1. The second-order valence-electron chi connectivity index (χ2n) is 4.60. The van der Waals surface area contributed by atoms with E-state index >= 15 is 0 Å². The molecule has 0 N–H and O–H groups in total. The van der Waals surface area contributed by atoms with Crippen LogP contribution in [-0.4, -0.2) is 36.4 Å². The molecule has 1 aliphatic heterocycles. The molecule has 3 rings (SSSR count). The predicted octanol–water partition coefficient (Wildman–Crippen LogP) is 3.44. The summed E-state index contributed by atoms with van der Waals surface area (Å²) in [5.41, 5.74) is 2.36. The Morgan fingerprint density at radius 2 is 1.90 bits per heavy atom. The van der Waals surface area contributed by atoms with Gasteiger partial charge in [-0.2, -0.15) is 0 Å². The summed E-state index contributed by atoms with van der Waals surface area (Å²) in [6, 6.07) is 10.2. The van der Waals surface area contributed by atoms with Crippen LogP contribution < -0.4 is 9.80 Å². The van der Waals surface area contributed by atoms with Crippen LogP contribution in [0.5, 0.6) is 0 Å². The lowest BCUT2D eigenvalue weighted by Gasteiger charge is -2.36. The molecule has 6 heteroatoms. The van der Waals surface area contributed by atoms with E-state index in [0.717, 1.165) is 24.6 Å². The predicted molar refractivity (Wildman–Crippen MR) is 85.5 cm³/mol. The minimum absolute atomic E-state index is 0.482. The number of rotatable bonds is 2. The maximum atomic E-state index is 6.10. The highest BCUT2D eigenvalue weighted by atomic mass is 35.5. The Morgan fingerprint density at radius 1 is 1.15 bits per heavy atom. The fourth-order valence-electron chi connectivity index (χ4n) is 2.36. The minimum Gasteiger partial charge on any atom is -0.371 e. The Labute approximate surface area is 127 Å². The number of aromatic nitrogens is 2. The van der Waals surface area contributed by atoms with Crippen LogP contribution in [0.3, 0.4) is 0 Å². The van der Waals surface area contributed by atoms with Crippen molar-refractivity contribution >= 4 is 40.6 Å². The fourth-order valence-corrected chi connectivity index (χ4v) is 2.96. The van der Waals surface area contributed by atoms with Gasteiger partial charge in [0.2, 0.25) is 0 Å². The third-order valence-corrected chi connectivity index (χ3v) is 4.10. The standard InChI is InChI=1S/C14H15ClN4S/c1-18-7-8-19(11-6-4-3-5-10(11)18)13-9-12(15)16-14(17-13)20-2/h3-6,9H,7-8H2,1-2H3. The van der Waals surface area contributed by atoms with Crippen LogP contribution in [0.2, 0.25) is 5.15 Å². The average Bonchev–Trinajstić information content (AvgIpc) is 2.47. The van der Waals surface area contributed by atoms with E-state index in [9.17, 15) is 0 Å². The molecule has 0 unspecified atom stereocenters. The monoisotopic (exact) mass is 306 g/mol. The van der Waals surface area contributed by atoms with Crippen molar-refractivity contribution in [3.63, 3.8) is 0 Å². The first-order valence-corrected chi connectivity index (χ1v) is 7.95. The minimum atomic E-state index is 0.482. The van der Waals surface area contributed by atoms with Crippen LogP contribution >= 0.6 is 23.4 Å². The van der Waals surface area contributed by atoms with Gasteiger partial charge in [-0.3, -0.25) is 0 Å². The number of para-hydroxylation sites is 2. The number of fused-ring (bicyclic) bond motifs is 1. The molecule has 1 aromatic carbocycles. The number of halogens is 1. The van der Waals surface area contributed by atoms with Gasteiger partial charge in [0.1, 0.15) is 11.0 Å². The smallest absolute Gasteiger partial charge is 0.190 e. The number of hydrogen-bond acceptors (Lipinski definition) is 5. The Morgan fingerprint density at radius 3 is 2.65 bits per heavy atom. The highest BCUT2D eigenvalue weighted by Crippen LogP contribution is 2.36. The molecule has 0 spiro atoms. The molecule has 0 atom stereocenters. The summed E-state index contributed by atoms with van der Waals surface area (Å²) < 4.78 is 0. The Balaban J connectivity index is 2.07. The highest BCUT2D eigenvalue weighted by Gasteiger charge is 2.22. The van der Waals surface area contributed by atoms with E-state index in [1.165, 1.54) is 17.4 Å². The Hall–Kier alpha value is -1.46. The van der Waals surface area contributed by atoms with E-state index in [2.05, 4.69) is 45.0 Å². The third kappa shape index (κ3) is 2.43. The number of thioether (sulfide) groups is 1. The lowest BCUT2D eigenvalue weighted by molar-refractivity contribution is 0.801. The zero-order valence-corrected chi connectivity index (χ0v) is 12.9. The van der Waals surface area contributed by atoms with Gasteiger partial charge in [0.15, 0.2) is 5.16 Å². The van der Waals surface area contributed by atoms with Crippen molar-refractivity contribution in [2.75, 3.05) is 36.2 Å². The number of benzene rings is 1. The van der Waals surface area contributed by atoms with Gasteiger partial charge >= 0.3 is 0 Å². The van der Waals surface area contributed by atoms with Crippen molar-refractivity contribution in [3.8, 4) is 0 Å². The first-order chi connectivity index (χ1) is 9.69. The first kappa shape index (κ1) is 13.5. The summed E-state index contributed by atoms with van der Waals surface area (Å²) in [6.07, 6.45) is 1.95. The topological polar surface area (TPSA) is 32.3 Å². The van der Waals surface area contributed by atoms with Crippen molar-refractivity contribution in [1.29, 1.82) is 0 Å². The Kier molecular flexibility index (Phi) is 3.72. The molecule has 4 nitrogen and oxygen atoms in total. The second kappa shape index (κ2) is 5.50. The molecule has 1 aliphatic rings. The molecule has 0 radical (unpaired) electrons. The van der Waals surface area contributed by atoms with E-state index in [-0.39, 0.29) is 0 Å². The lowest BCUT2D eigenvalue weighted by atomic mass is 10.2. The highest BCUT2D eigenvalue weighted by molar-refractivity contribution is 7.98. The summed E-state index contributed by atoms with van der Waals surface area (Å²) in [5, 5.41) is 1.18. The molecule has 1 aromatic heterocycles. The molecule has 0 amide bonds. The third-order valence-electron chi connectivity index (χ3n) is 3.36. The van der Waals surface area contributed by atoms with Crippen LogP contribution in [0.4, 0.5) is 17.2 Å². The molecule has 0 fully saturated rings. The zero-order chi connectivity index (χ0) is 14.1.